The SMILES string of the molecule is Cc1nc2cc(C(F)(F)F)ccc2c(N2CCNCC2)c1Br.Cl. The van der Waals surface area contributed by atoms with Gasteiger partial charge in [0.25, 0.3) is 0 Å². The second kappa shape index (κ2) is 6.83. The molecule has 0 bridgehead atoms. The fourth-order valence-corrected chi connectivity index (χ4v) is 3.27. The number of nitrogens with zero attached hydrogens (tertiary/aromatic N) is 2. The Morgan fingerprint density at radius 3 is 2.48 bits per heavy atom. The number of alkyl halides is 3. The number of rotatable bonds is 1. The maximum atomic E-state index is 12.9. The zero-order chi connectivity index (χ0) is 15.9. The zero-order valence-electron chi connectivity index (χ0n) is 12.4. The molecule has 2 heterocycles. The molecule has 1 saturated heterocycles. The third-order valence-corrected chi connectivity index (χ3v) is 4.78. The summed E-state index contributed by atoms with van der Waals surface area (Å²) in [4.78, 5) is 6.50. The quantitative estimate of drug-likeness (QED) is 0.765. The first-order chi connectivity index (χ1) is 10.4. The van der Waals surface area contributed by atoms with Crippen LogP contribution in [-0.4, -0.2) is 31.2 Å². The van der Waals surface area contributed by atoms with E-state index in [9.17, 15) is 13.2 Å². The lowest BCUT2D eigenvalue weighted by Gasteiger charge is -2.31. The van der Waals surface area contributed by atoms with Crippen LogP contribution in [0.5, 0.6) is 0 Å². The summed E-state index contributed by atoms with van der Waals surface area (Å²) in [7, 11) is 0. The molecular formula is C15H16BrClF3N3. The fraction of sp³-hybridized carbons (Fsp3) is 0.400. The van der Waals surface area contributed by atoms with Crippen molar-refractivity contribution in [3.05, 3.63) is 33.9 Å². The Morgan fingerprint density at radius 2 is 1.87 bits per heavy atom. The summed E-state index contributed by atoms with van der Waals surface area (Å²) in [5, 5.41) is 4.02. The van der Waals surface area contributed by atoms with Crippen LogP contribution in [0.4, 0.5) is 18.9 Å². The maximum Gasteiger partial charge on any atom is 0.416 e. The summed E-state index contributed by atoms with van der Waals surface area (Å²) in [5.41, 5.74) is 1.34. The lowest BCUT2D eigenvalue weighted by molar-refractivity contribution is -0.137. The fourth-order valence-electron chi connectivity index (χ4n) is 2.72. The van der Waals surface area contributed by atoms with E-state index >= 15 is 0 Å². The number of anilines is 1. The lowest BCUT2D eigenvalue weighted by Crippen LogP contribution is -2.43. The minimum atomic E-state index is -4.36. The minimum absolute atomic E-state index is 0. The maximum absolute atomic E-state index is 12.9. The van der Waals surface area contributed by atoms with E-state index in [1.807, 2.05) is 0 Å². The molecule has 126 valence electrons. The molecule has 0 unspecified atom stereocenters. The molecule has 3 nitrogen and oxygen atoms in total. The van der Waals surface area contributed by atoms with E-state index < -0.39 is 11.7 Å². The monoisotopic (exact) mass is 409 g/mol. The van der Waals surface area contributed by atoms with Crippen molar-refractivity contribution >= 4 is 44.9 Å². The number of nitrogens with one attached hydrogen (secondary N) is 1. The number of aryl methyl sites for hydroxylation is 1. The Kier molecular flexibility index (Phi) is 5.43. The number of aromatic nitrogens is 1. The molecule has 1 aromatic carbocycles. The molecule has 1 aliphatic rings. The average Bonchev–Trinajstić information content (AvgIpc) is 2.48. The first kappa shape index (κ1) is 18.3. The summed E-state index contributed by atoms with van der Waals surface area (Å²) in [5.74, 6) is 0. The van der Waals surface area contributed by atoms with Gasteiger partial charge >= 0.3 is 6.18 Å². The molecule has 1 aromatic heterocycles. The van der Waals surface area contributed by atoms with Gasteiger partial charge in [-0.1, -0.05) is 6.07 Å². The van der Waals surface area contributed by atoms with Crippen molar-refractivity contribution in [1.82, 2.24) is 10.3 Å². The van der Waals surface area contributed by atoms with Crippen LogP contribution in [0.2, 0.25) is 0 Å². The van der Waals surface area contributed by atoms with Crippen molar-refractivity contribution in [2.45, 2.75) is 13.1 Å². The average molecular weight is 411 g/mol. The van der Waals surface area contributed by atoms with Gasteiger partial charge in [0.05, 0.1) is 26.9 Å². The highest BCUT2D eigenvalue weighted by Crippen LogP contribution is 2.38. The van der Waals surface area contributed by atoms with E-state index in [2.05, 4.69) is 31.1 Å². The molecule has 0 amide bonds. The Balaban J connectivity index is 0.00000192. The molecule has 0 radical (unpaired) electrons. The summed E-state index contributed by atoms with van der Waals surface area (Å²) in [6.07, 6.45) is -4.36. The first-order valence-corrected chi connectivity index (χ1v) is 7.80. The summed E-state index contributed by atoms with van der Waals surface area (Å²) >= 11 is 3.55. The van der Waals surface area contributed by atoms with Gasteiger partial charge in [-0.3, -0.25) is 4.98 Å². The largest absolute Gasteiger partial charge is 0.416 e. The molecule has 0 aliphatic carbocycles. The lowest BCUT2D eigenvalue weighted by atomic mass is 10.1. The zero-order valence-corrected chi connectivity index (χ0v) is 14.8. The predicted octanol–water partition coefficient (Wildman–Crippen LogP) is 4.16. The Hall–Kier alpha value is -1.05. The van der Waals surface area contributed by atoms with Crippen molar-refractivity contribution in [3.8, 4) is 0 Å². The number of benzene rings is 1. The van der Waals surface area contributed by atoms with Gasteiger partial charge in [-0.25, -0.2) is 0 Å². The molecule has 0 spiro atoms. The van der Waals surface area contributed by atoms with Gasteiger partial charge < -0.3 is 10.2 Å². The van der Waals surface area contributed by atoms with Gasteiger partial charge in [-0.2, -0.15) is 13.2 Å². The van der Waals surface area contributed by atoms with Crippen LogP contribution in [0.3, 0.4) is 0 Å². The van der Waals surface area contributed by atoms with Crippen LogP contribution in [0.1, 0.15) is 11.3 Å². The van der Waals surface area contributed by atoms with Crippen molar-refractivity contribution in [2.75, 3.05) is 31.1 Å². The molecule has 0 saturated carbocycles. The Morgan fingerprint density at radius 1 is 1.22 bits per heavy atom. The van der Waals surface area contributed by atoms with Crippen LogP contribution in [0.15, 0.2) is 22.7 Å². The molecule has 3 rings (SSSR count). The van der Waals surface area contributed by atoms with E-state index in [0.717, 1.165) is 53.9 Å². The molecule has 8 heteroatoms. The molecular weight excluding hydrogens is 395 g/mol. The van der Waals surface area contributed by atoms with Gasteiger partial charge in [0, 0.05) is 31.6 Å². The van der Waals surface area contributed by atoms with E-state index in [0.29, 0.717) is 11.2 Å². The third-order valence-electron chi connectivity index (χ3n) is 3.83. The molecule has 0 atom stereocenters. The van der Waals surface area contributed by atoms with Gasteiger partial charge in [-0.15, -0.1) is 12.4 Å². The third kappa shape index (κ3) is 3.56. The highest BCUT2D eigenvalue weighted by molar-refractivity contribution is 9.10. The second-order valence-corrected chi connectivity index (χ2v) is 6.12. The normalized spacial score (nSPS) is 15.6. The summed E-state index contributed by atoms with van der Waals surface area (Å²) in [6, 6.07) is 3.77. The summed E-state index contributed by atoms with van der Waals surface area (Å²) in [6.45, 7) is 5.15. The summed E-state index contributed by atoms with van der Waals surface area (Å²) < 4.78 is 39.5. The number of halogens is 5. The highest BCUT2D eigenvalue weighted by atomic mass is 79.9. The Labute approximate surface area is 146 Å². The van der Waals surface area contributed by atoms with E-state index in [1.54, 1.807) is 6.92 Å². The van der Waals surface area contributed by atoms with Crippen LogP contribution in [0.25, 0.3) is 10.9 Å². The molecule has 23 heavy (non-hydrogen) atoms. The highest BCUT2D eigenvalue weighted by Gasteiger charge is 2.31. The standard InChI is InChI=1S/C15H15BrF3N3.ClH/c1-9-13(16)14(22-6-4-20-5-7-22)11-3-2-10(15(17,18)19)8-12(11)21-9;/h2-3,8,20H,4-7H2,1H3;1H. The van der Waals surface area contributed by atoms with Crippen molar-refractivity contribution in [2.24, 2.45) is 0 Å². The predicted molar refractivity (Wildman–Crippen MR) is 91.5 cm³/mol. The van der Waals surface area contributed by atoms with Gasteiger partial charge in [0.1, 0.15) is 0 Å². The Bertz CT molecular complexity index is 715. The number of fused-ring (bicyclic) bond motifs is 1. The van der Waals surface area contributed by atoms with Crippen LogP contribution < -0.4 is 10.2 Å². The first-order valence-electron chi connectivity index (χ1n) is 7.00. The van der Waals surface area contributed by atoms with Crippen molar-refractivity contribution < 1.29 is 13.2 Å². The number of pyridine rings is 1. The molecule has 1 aliphatic heterocycles. The molecule has 1 fully saturated rings. The van der Waals surface area contributed by atoms with Gasteiger partial charge in [0.15, 0.2) is 0 Å². The molecule has 2 aromatic rings. The number of piperazine rings is 1. The van der Waals surface area contributed by atoms with Crippen molar-refractivity contribution in [3.63, 3.8) is 0 Å². The number of hydrogen-bond donors (Lipinski definition) is 1. The van der Waals surface area contributed by atoms with E-state index in [1.165, 1.54) is 6.07 Å². The topological polar surface area (TPSA) is 28.2 Å². The molecule has 1 N–H and O–H groups in total. The van der Waals surface area contributed by atoms with Gasteiger partial charge in [-0.05, 0) is 35.0 Å². The van der Waals surface area contributed by atoms with E-state index in [-0.39, 0.29) is 12.4 Å². The smallest absolute Gasteiger partial charge is 0.367 e. The second-order valence-electron chi connectivity index (χ2n) is 5.33. The number of hydrogen-bond acceptors (Lipinski definition) is 3. The van der Waals surface area contributed by atoms with E-state index in [4.69, 9.17) is 0 Å². The van der Waals surface area contributed by atoms with Gasteiger partial charge in [0.2, 0.25) is 0 Å². The van der Waals surface area contributed by atoms with Crippen LogP contribution >= 0.6 is 28.3 Å². The van der Waals surface area contributed by atoms with Crippen molar-refractivity contribution in [1.29, 1.82) is 0 Å². The van der Waals surface area contributed by atoms with Crippen LogP contribution in [-0.2, 0) is 6.18 Å². The van der Waals surface area contributed by atoms with Crippen LogP contribution in [0, 0.1) is 6.92 Å². The minimum Gasteiger partial charge on any atom is -0.367 e.